The van der Waals surface area contributed by atoms with Gasteiger partial charge in [0.05, 0.1) is 12.8 Å². The highest BCUT2D eigenvalue weighted by atomic mass is 32.1. The third kappa shape index (κ3) is 3.70. The molecule has 16 heavy (non-hydrogen) atoms. The fourth-order valence-corrected chi connectivity index (χ4v) is 1.69. The van der Waals surface area contributed by atoms with E-state index in [9.17, 15) is 0 Å². The average molecular weight is 238 g/mol. The van der Waals surface area contributed by atoms with E-state index in [4.69, 9.17) is 17.0 Å². The van der Waals surface area contributed by atoms with Gasteiger partial charge in [-0.3, -0.25) is 0 Å². The topological polar surface area (TPSA) is 33.3 Å². The molecule has 0 aliphatic carbocycles. The van der Waals surface area contributed by atoms with Crippen molar-refractivity contribution in [2.45, 2.75) is 26.8 Å². The lowest BCUT2D eigenvalue weighted by atomic mass is 10.2. The summed E-state index contributed by atoms with van der Waals surface area (Å²) < 4.78 is 5.26. The molecule has 1 aromatic carbocycles. The van der Waals surface area contributed by atoms with Crippen LogP contribution in [0.1, 0.15) is 19.4 Å². The summed E-state index contributed by atoms with van der Waals surface area (Å²) in [6, 6.07) is 6.25. The lowest BCUT2D eigenvalue weighted by molar-refractivity contribution is 0.417. The molecule has 3 nitrogen and oxygen atoms in total. The van der Waals surface area contributed by atoms with Gasteiger partial charge in [0.2, 0.25) is 0 Å². The van der Waals surface area contributed by atoms with Crippen molar-refractivity contribution in [3.63, 3.8) is 0 Å². The lowest BCUT2D eigenvalue weighted by Crippen LogP contribution is -2.34. The van der Waals surface area contributed by atoms with Crippen molar-refractivity contribution in [3.8, 4) is 5.75 Å². The van der Waals surface area contributed by atoms with Crippen LogP contribution in [0.25, 0.3) is 0 Å². The molecule has 0 unspecified atom stereocenters. The zero-order chi connectivity index (χ0) is 12.1. The number of hydrogen-bond donors (Lipinski definition) is 2. The Balaban J connectivity index is 2.79. The summed E-state index contributed by atoms with van der Waals surface area (Å²) in [4.78, 5) is 0. The Morgan fingerprint density at radius 3 is 2.62 bits per heavy atom. The number of benzene rings is 1. The van der Waals surface area contributed by atoms with E-state index < -0.39 is 0 Å². The molecule has 4 heteroatoms. The van der Waals surface area contributed by atoms with E-state index >= 15 is 0 Å². The lowest BCUT2D eigenvalue weighted by Gasteiger charge is -2.15. The molecule has 0 aliphatic rings. The quantitative estimate of drug-likeness (QED) is 0.793. The molecule has 1 rings (SSSR count). The summed E-state index contributed by atoms with van der Waals surface area (Å²) in [7, 11) is 1.65. The largest absolute Gasteiger partial charge is 0.495 e. The van der Waals surface area contributed by atoms with E-state index in [-0.39, 0.29) is 0 Å². The summed E-state index contributed by atoms with van der Waals surface area (Å²) >= 11 is 5.19. The number of nitrogens with one attached hydrogen (secondary N) is 2. The van der Waals surface area contributed by atoms with E-state index in [1.807, 2.05) is 39.0 Å². The van der Waals surface area contributed by atoms with Gasteiger partial charge in [0.15, 0.2) is 5.11 Å². The maximum atomic E-state index is 5.26. The fraction of sp³-hybridized carbons (Fsp3) is 0.417. The number of rotatable bonds is 3. The second-order valence-electron chi connectivity index (χ2n) is 3.96. The minimum atomic E-state index is 0.316. The Labute approximate surface area is 102 Å². The highest BCUT2D eigenvalue weighted by Crippen LogP contribution is 2.24. The van der Waals surface area contributed by atoms with Crippen molar-refractivity contribution in [2.75, 3.05) is 12.4 Å². The van der Waals surface area contributed by atoms with Gasteiger partial charge in [-0.2, -0.15) is 0 Å². The SMILES string of the molecule is COc1ccc(C)cc1NC(=S)NC(C)C. The Hall–Kier alpha value is -1.29. The molecule has 0 aliphatic heterocycles. The van der Waals surface area contributed by atoms with Crippen molar-refractivity contribution in [2.24, 2.45) is 0 Å². The predicted molar refractivity (Wildman–Crippen MR) is 72.2 cm³/mol. The molecule has 2 N–H and O–H groups in total. The van der Waals surface area contributed by atoms with Gasteiger partial charge >= 0.3 is 0 Å². The highest BCUT2D eigenvalue weighted by molar-refractivity contribution is 7.80. The van der Waals surface area contributed by atoms with Gasteiger partial charge in [0, 0.05) is 6.04 Å². The molecule has 0 radical (unpaired) electrons. The van der Waals surface area contributed by atoms with Gasteiger partial charge in [-0.25, -0.2) is 0 Å². The van der Waals surface area contributed by atoms with Gasteiger partial charge in [0.25, 0.3) is 0 Å². The van der Waals surface area contributed by atoms with Crippen molar-refractivity contribution >= 4 is 23.0 Å². The molecule has 0 fully saturated rings. The average Bonchev–Trinajstić information content (AvgIpc) is 2.16. The Morgan fingerprint density at radius 1 is 1.38 bits per heavy atom. The minimum absolute atomic E-state index is 0.316. The standard InChI is InChI=1S/C12H18N2OS/c1-8(2)13-12(16)14-10-7-9(3)5-6-11(10)15-4/h5-8H,1-4H3,(H2,13,14,16). The molecule has 1 aromatic rings. The van der Waals surface area contributed by atoms with E-state index in [0.29, 0.717) is 11.2 Å². The summed E-state index contributed by atoms with van der Waals surface area (Å²) in [6.45, 7) is 6.12. The van der Waals surface area contributed by atoms with Crippen molar-refractivity contribution in [1.82, 2.24) is 5.32 Å². The van der Waals surface area contributed by atoms with Gasteiger partial charge < -0.3 is 15.4 Å². The molecule has 0 amide bonds. The van der Waals surface area contributed by atoms with Crippen molar-refractivity contribution in [3.05, 3.63) is 23.8 Å². The zero-order valence-electron chi connectivity index (χ0n) is 10.1. The first-order chi connectivity index (χ1) is 7.52. The summed E-state index contributed by atoms with van der Waals surface area (Å²) in [5.74, 6) is 0.790. The number of hydrogen-bond acceptors (Lipinski definition) is 2. The first-order valence-corrected chi connectivity index (χ1v) is 5.66. The van der Waals surface area contributed by atoms with Crippen LogP contribution in [-0.4, -0.2) is 18.3 Å². The molecule has 0 bridgehead atoms. The zero-order valence-corrected chi connectivity index (χ0v) is 10.9. The second kappa shape index (κ2) is 5.70. The third-order valence-corrected chi connectivity index (χ3v) is 2.24. The Bertz CT molecular complexity index is 377. The van der Waals surface area contributed by atoms with Crippen LogP contribution in [-0.2, 0) is 0 Å². The van der Waals surface area contributed by atoms with Crippen LogP contribution >= 0.6 is 12.2 Å². The summed E-state index contributed by atoms with van der Waals surface area (Å²) in [6.07, 6.45) is 0. The summed E-state index contributed by atoms with van der Waals surface area (Å²) in [5.41, 5.74) is 2.05. The van der Waals surface area contributed by atoms with Crippen molar-refractivity contribution in [1.29, 1.82) is 0 Å². The smallest absolute Gasteiger partial charge is 0.171 e. The summed E-state index contributed by atoms with van der Waals surface area (Å²) in [5, 5.41) is 6.87. The van der Waals surface area contributed by atoms with Crippen LogP contribution in [0.4, 0.5) is 5.69 Å². The molecule has 0 saturated heterocycles. The highest BCUT2D eigenvalue weighted by Gasteiger charge is 2.05. The Kier molecular flexibility index (Phi) is 4.55. The van der Waals surface area contributed by atoms with E-state index in [2.05, 4.69) is 10.6 Å². The third-order valence-electron chi connectivity index (χ3n) is 2.02. The van der Waals surface area contributed by atoms with Crippen LogP contribution in [0.2, 0.25) is 0 Å². The van der Waals surface area contributed by atoms with Crippen molar-refractivity contribution < 1.29 is 4.74 Å². The number of ether oxygens (including phenoxy) is 1. The van der Waals surface area contributed by atoms with Crippen LogP contribution in [0, 0.1) is 6.92 Å². The molecule has 0 spiro atoms. The molecule has 0 aromatic heterocycles. The normalized spacial score (nSPS) is 10.1. The molecule has 88 valence electrons. The number of anilines is 1. The minimum Gasteiger partial charge on any atom is -0.495 e. The van der Waals surface area contributed by atoms with Crippen LogP contribution in [0.5, 0.6) is 5.75 Å². The van der Waals surface area contributed by atoms with Gasteiger partial charge in [0.1, 0.15) is 5.75 Å². The molecular formula is C12H18N2OS. The van der Waals surface area contributed by atoms with Crippen LogP contribution in [0.3, 0.4) is 0 Å². The fourth-order valence-electron chi connectivity index (χ4n) is 1.34. The maximum absolute atomic E-state index is 5.26. The number of thiocarbonyl (C=S) groups is 1. The first-order valence-electron chi connectivity index (χ1n) is 5.25. The molecular weight excluding hydrogens is 220 g/mol. The number of methoxy groups -OCH3 is 1. The monoisotopic (exact) mass is 238 g/mol. The van der Waals surface area contributed by atoms with Gasteiger partial charge in [-0.05, 0) is 50.7 Å². The van der Waals surface area contributed by atoms with Gasteiger partial charge in [-0.1, -0.05) is 6.07 Å². The Morgan fingerprint density at radius 2 is 2.06 bits per heavy atom. The van der Waals surface area contributed by atoms with Gasteiger partial charge in [-0.15, -0.1) is 0 Å². The van der Waals surface area contributed by atoms with E-state index in [1.54, 1.807) is 7.11 Å². The molecule has 0 heterocycles. The van der Waals surface area contributed by atoms with Crippen LogP contribution < -0.4 is 15.4 Å². The number of aryl methyl sites for hydroxylation is 1. The molecule has 0 saturated carbocycles. The van der Waals surface area contributed by atoms with Crippen LogP contribution in [0.15, 0.2) is 18.2 Å². The predicted octanol–water partition coefficient (Wildman–Crippen LogP) is 2.70. The van der Waals surface area contributed by atoms with E-state index in [0.717, 1.165) is 17.0 Å². The van der Waals surface area contributed by atoms with E-state index in [1.165, 1.54) is 0 Å². The maximum Gasteiger partial charge on any atom is 0.171 e. The molecule has 0 atom stereocenters. The first kappa shape index (κ1) is 12.8. The second-order valence-corrected chi connectivity index (χ2v) is 4.37.